The van der Waals surface area contributed by atoms with Crippen LogP contribution in [0.25, 0.3) is 11.0 Å². The summed E-state index contributed by atoms with van der Waals surface area (Å²) in [7, 11) is 0. The average molecular weight is 382 g/mol. The van der Waals surface area contributed by atoms with Crippen LogP contribution in [0.15, 0.2) is 57.8 Å². The molecule has 3 aromatic rings. The zero-order chi connectivity index (χ0) is 18.8. The number of carbonyl (C=O) groups excluding carboxylic acids is 2. The summed E-state index contributed by atoms with van der Waals surface area (Å²) >= 11 is 1.51. The minimum Gasteiger partial charge on any atom is -0.460 e. The molecule has 0 saturated heterocycles. The Bertz CT molecular complexity index is 982. The molecule has 2 heterocycles. The maximum atomic E-state index is 12.6. The molecular formula is C21H18O5S. The highest BCUT2D eigenvalue weighted by Crippen LogP contribution is 2.37. The molecule has 2 aromatic carbocycles. The van der Waals surface area contributed by atoms with Gasteiger partial charge in [0.1, 0.15) is 17.4 Å². The van der Waals surface area contributed by atoms with Crippen molar-refractivity contribution >= 4 is 34.7 Å². The van der Waals surface area contributed by atoms with Gasteiger partial charge in [-0.15, -0.1) is 11.8 Å². The fourth-order valence-corrected chi connectivity index (χ4v) is 4.35. The highest BCUT2D eigenvalue weighted by molar-refractivity contribution is 8.01. The van der Waals surface area contributed by atoms with Gasteiger partial charge >= 0.3 is 11.9 Å². The van der Waals surface area contributed by atoms with E-state index in [1.807, 2.05) is 42.5 Å². The molecule has 0 N–H and O–H groups in total. The van der Waals surface area contributed by atoms with Gasteiger partial charge in [-0.05, 0) is 31.0 Å². The molecule has 0 bridgehead atoms. The number of benzene rings is 2. The van der Waals surface area contributed by atoms with E-state index in [-0.39, 0.29) is 30.2 Å². The van der Waals surface area contributed by atoms with E-state index in [2.05, 4.69) is 0 Å². The number of esters is 2. The predicted octanol–water partition coefficient (Wildman–Crippen LogP) is 4.37. The first-order valence-corrected chi connectivity index (χ1v) is 9.64. The van der Waals surface area contributed by atoms with Crippen molar-refractivity contribution in [2.24, 2.45) is 0 Å². The van der Waals surface area contributed by atoms with Crippen LogP contribution in [0.2, 0.25) is 0 Å². The van der Waals surface area contributed by atoms with Crippen molar-refractivity contribution in [3.05, 3.63) is 65.4 Å². The SMILES string of the molecule is CCOC(=O)c1oc2ccccc2c1COC(=O)C1Cc2ccccc2S1. The molecule has 0 saturated carbocycles. The number of furan rings is 1. The maximum Gasteiger partial charge on any atom is 0.374 e. The third kappa shape index (κ3) is 3.45. The molecule has 1 aliphatic rings. The second kappa shape index (κ2) is 7.48. The van der Waals surface area contributed by atoms with Crippen molar-refractivity contribution in [3.63, 3.8) is 0 Å². The van der Waals surface area contributed by atoms with Crippen LogP contribution in [0, 0.1) is 0 Å². The number of hydrogen-bond acceptors (Lipinski definition) is 6. The van der Waals surface area contributed by atoms with Crippen LogP contribution in [0.4, 0.5) is 0 Å². The van der Waals surface area contributed by atoms with Crippen LogP contribution in [0.5, 0.6) is 0 Å². The monoisotopic (exact) mass is 382 g/mol. The third-order valence-corrected chi connectivity index (χ3v) is 5.72. The van der Waals surface area contributed by atoms with Gasteiger partial charge in [0.2, 0.25) is 5.76 Å². The standard InChI is InChI=1S/C21H18O5S/c1-2-24-21(23)19-15(14-8-4-5-9-16(14)26-19)12-25-20(22)18-11-13-7-3-6-10-17(13)27-18/h3-10,18H,2,11-12H2,1H3. The van der Waals surface area contributed by atoms with Crippen molar-refractivity contribution in [2.45, 2.75) is 30.1 Å². The fraction of sp³-hybridized carbons (Fsp3) is 0.238. The van der Waals surface area contributed by atoms with Crippen molar-refractivity contribution < 1.29 is 23.5 Å². The molecule has 6 heteroatoms. The smallest absolute Gasteiger partial charge is 0.374 e. The van der Waals surface area contributed by atoms with Crippen molar-refractivity contribution in [1.29, 1.82) is 0 Å². The lowest BCUT2D eigenvalue weighted by Gasteiger charge is -2.09. The van der Waals surface area contributed by atoms with Crippen molar-refractivity contribution in [1.82, 2.24) is 0 Å². The fourth-order valence-electron chi connectivity index (χ4n) is 3.15. The lowest BCUT2D eigenvalue weighted by atomic mass is 10.1. The second-order valence-corrected chi connectivity index (χ2v) is 7.40. The molecule has 1 aromatic heterocycles. The van der Waals surface area contributed by atoms with E-state index >= 15 is 0 Å². The predicted molar refractivity (Wildman–Crippen MR) is 102 cm³/mol. The first-order valence-electron chi connectivity index (χ1n) is 8.76. The Labute approximate surface area is 160 Å². The van der Waals surface area contributed by atoms with Gasteiger partial charge in [0.25, 0.3) is 0 Å². The lowest BCUT2D eigenvalue weighted by Crippen LogP contribution is -2.20. The van der Waals surface area contributed by atoms with Gasteiger partial charge in [-0.25, -0.2) is 4.79 Å². The van der Waals surface area contributed by atoms with Crippen LogP contribution in [0.1, 0.15) is 28.6 Å². The quantitative estimate of drug-likeness (QED) is 0.611. The summed E-state index contributed by atoms with van der Waals surface area (Å²) in [6, 6.07) is 15.2. The van der Waals surface area contributed by atoms with Gasteiger partial charge in [-0.2, -0.15) is 0 Å². The van der Waals surface area contributed by atoms with Gasteiger partial charge in [-0.1, -0.05) is 36.4 Å². The summed E-state index contributed by atoms with van der Waals surface area (Å²) in [5, 5.41) is 0.474. The minimum absolute atomic E-state index is 0.0304. The number of ether oxygens (including phenoxy) is 2. The first kappa shape index (κ1) is 17.7. The summed E-state index contributed by atoms with van der Waals surface area (Å²) < 4.78 is 16.3. The van der Waals surface area contributed by atoms with E-state index < -0.39 is 5.97 Å². The molecule has 0 fully saturated rings. The molecule has 0 amide bonds. The topological polar surface area (TPSA) is 65.7 Å². The lowest BCUT2D eigenvalue weighted by molar-refractivity contribution is -0.144. The molecule has 0 spiro atoms. The highest BCUT2D eigenvalue weighted by Gasteiger charge is 2.30. The van der Waals surface area contributed by atoms with Crippen LogP contribution >= 0.6 is 11.8 Å². The molecule has 138 valence electrons. The summed E-state index contributed by atoms with van der Waals surface area (Å²) in [6.45, 7) is 1.94. The Hall–Kier alpha value is -2.73. The van der Waals surface area contributed by atoms with E-state index in [0.29, 0.717) is 17.6 Å². The van der Waals surface area contributed by atoms with Crippen molar-refractivity contribution in [3.8, 4) is 0 Å². The minimum atomic E-state index is -0.553. The largest absolute Gasteiger partial charge is 0.460 e. The maximum absolute atomic E-state index is 12.6. The van der Waals surface area contributed by atoms with Crippen LogP contribution < -0.4 is 0 Å². The first-order chi connectivity index (χ1) is 13.2. The number of thioether (sulfide) groups is 1. The zero-order valence-corrected chi connectivity index (χ0v) is 15.6. The normalized spacial score (nSPS) is 15.5. The van der Waals surface area contributed by atoms with Gasteiger partial charge < -0.3 is 13.9 Å². The van der Waals surface area contributed by atoms with Crippen LogP contribution in [-0.4, -0.2) is 23.8 Å². The number of fused-ring (bicyclic) bond motifs is 2. The van der Waals surface area contributed by atoms with Crippen molar-refractivity contribution in [2.75, 3.05) is 6.61 Å². The summed E-state index contributed by atoms with van der Waals surface area (Å²) in [6.07, 6.45) is 0.649. The Morgan fingerprint density at radius 2 is 1.89 bits per heavy atom. The number of hydrogen-bond donors (Lipinski definition) is 0. The number of para-hydroxylation sites is 1. The molecule has 1 atom stereocenters. The summed E-state index contributed by atoms with van der Waals surface area (Å²) in [4.78, 5) is 25.9. The van der Waals surface area contributed by atoms with Gasteiger partial charge in [-0.3, -0.25) is 4.79 Å². The highest BCUT2D eigenvalue weighted by atomic mass is 32.2. The molecular weight excluding hydrogens is 364 g/mol. The third-order valence-electron chi connectivity index (χ3n) is 4.43. The number of carbonyl (C=O) groups is 2. The molecule has 1 aliphatic heterocycles. The molecule has 4 rings (SSSR count). The van der Waals surface area contributed by atoms with Gasteiger partial charge in [0.05, 0.1) is 12.2 Å². The Morgan fingerprint density at radius 1 is 1.11 bits per heavy atom. The van der Waals surface area contributed by atoms with E-state index in [9.17, 15) is 9.59 Å². The molecule has 0 aliphatic carbocycles. The van der Waals surface area contributed by atoms with E-state index in [4.69, 9.17) is 13.9 Å². The summed E-state index contributed by atoms with van der Waals surface area (Å²) in [5.74, 6) is -0.758. The van der Waals surface area contributed by atoms with Gasteiger partial charge in [0, 0.05) is 10.3 Å². The second-order valence-electron chi connectivity index (χ2n) is 6.15. The zero-order valence-electron chi connectivity index (χ0n) is 14.8. The Morgan fingerprint density at radius 3 is 2.70 bits per heavy atom. The van der Waals surface area contributed by atoms with E-state index in [1.165, 1.54) is 11.8 Å². The van der Waals surface area contributed by atoms with Crippen LogP contribution in [-0.2, 0) is 27.3 Å². The van der Waals surface area contributed by atoms with E-state index in [1.54, 1.807) is 13.0 Å². The molecule has 0 radical (unpaired) electrons. The van der Waals surface area contributed by atoms with Crippen LogP contribution in [0.3, 0.4) is 0 Å². The molecule has 5 nitrogen and oxygen atoms in total. The van der Waals surface area contributed by atoms with E-state index in [0.717, 1.165) is 15.8 Å². The van der Waals surface area contributed by atoms with Gasteiger partial charge in [0.15, 0.2) is 0 Å². The average Bonchev–Trinajstić information content (AvgIpc) is 3.28. The molecule has 1 unspecified atom stereocenters. The molecule has 27 heavy (non-hydrogen) atoms. The summed E-state index contributed by atoms with van der Waals surface area (Å²) in [5.41, 5.74) is 2.26. The Kier molecular flexibility index (Phi) is 4.90. The Balaban J connectivity index is 1.52. The number of rotatable bonds is 5.